The summed E-state index contributed by atoms with van der Waals surface area (Å²) < 4.78 is 16.5. The molecule has 0 saturated carbocycles. The SMILES string of the molecule is CCOc1ccccc1C(N)c1cccc(OC)c1OC. The molecule has 4 heteroatoms. The predicted octanol–water partition coefficient (Wildman–Crippen LogP) is 3.15. The second-order valence-corrected chi connectivity index (χ2v) is 4.53. The summed E-state index contributed by atoms with van der Waals surface area (Å²) in [7, 11) is 3.23. The molecule has 2 N–H and O–H groups in total. The van der Waals surface area contributed by atoms with E-state index < -0.39 is 0 Å². The molecule has 0 aliphatic heterocycles. The molecule has 4 nitrogen and oxygen atoms in total. The van der Waals surface area contributed by atoms with Crippen LogP contribution in [0.25, 0.3) is 0 Å². The molecule has 0 fully saturated rings. The summed E-state index contributed by atoms with van der Waals surface area (Å²) in [5.74, 6) is 2.11. The molecule has 2 aromatic carbocycles. The largest absolute Gasteiger partial charge is 0.494 e. The first-order chi connectivity index (χ1) is 10.2. The first kappa shape index (κ1) is 15.2. The lowest BCUT2D eigenvalue weighted by atomic mass is 9.97. The standard InChI is InChI=1S/C17H21NO3/c1-4-21-14-10-6-5-8-12(14)16(18)13-9-7-11-15(19-2)17(13)20-3/h5-11,16H,4,18H2,1-3H3. The molecule has 1 unspecified atom stereocenters. The van der Waals surface area contributed by atoms with Crippen LogP contribution in [0.5, 0.6) is 17.2 Å². The van der Waals surface area contributed by atoms with Crippen LogP contribution in [-0.2, 0) is 0 Å². The van der Waals surface area contributed by atoms with Crippen molar-refractivity contribution in [3.05, 3.63) is 53.6 Å². The molecule has 0 spiro atoms. The summed E-state index contributed by atoms with van der Waals surface area (Å²) in [6.07, 6.45) is 0. The Morgan fingerprint density at radius 3 is 2.24 bits per heavy atom. The van der Waals surface area contributed by atoms with Gasteiger partial charge in [0.05, 0.1) is 26.9 Å². The highest BCUT2D eigenvalue weighted by Crippen LogP contribution is 2.38. The second kappa shape index (κ2) is 6.99. The van der Waals surface area contributed by atoms with Gasteiger partial charge in [0.25, 0.3) is 0 Å². The fourth-order valence-electron chi connectivity index (χ4n) is 2.35. The van der Waals surface area contributed by atoms with Gasteiger partial charge in [0.1, 0.15) is 5.75 Å². The molecular weight excluding hydrogens is 266 g/mol. The van der Waals surface area contributed by atoms with Gasteiger partial charge in [-0.15, -0.1) is 0 Å². The predicted molar refractivity (Wildman–Crippen MR) is 83.2 cm³/mol. The number of benzene rings is 2. The summed E-state index contributed by atoms with van der Waals surface area (Å²) in [6, 6.07) is 13.1. The van der Waals surface area contributed by atoms with Crippen LogP contribution in [0.3, 0.4) is 0 Å². The zero-order chi connectivity index (χ0) is 15.2. The van der Waals surface area contributed by atoms with E-state index in [1.54, 1.807) is 14.2 Å². The Kier molecular flexibility index (Phi) is 5.06. The van der Waals surface area contributed by atoms with Crippen molar-refractivity contribution in [3.8, 4) is 17.2 Å². The van der Waals surface area contributed by atoms with Crippen molar-refractivity contribution >= 4 is 0 Å². The van der Waals surface area contributed by atoms with Gasteiger partial charge >= 0.3 is 0 Å². The van der Waals surface area contributed by atoms with E-state index >= 15 is 0 Å². The van der Waals surface area contributed by atoms with Gasteiger partial charge < -0.3 is 19.9 Å². The highest BCUT2D eigenvalue weighted by molar-refractivity contribution is 5.52. The van der Waals surface area contributed by atoms with Crippen molar-refractivity contribution in [2.24, 2.45) is 5.73 Å². The Morgan fingerprint density at radius 1 is 0.905 bits per heavy atom. The minimum atomic E-state index is -0.349. The molecule has 0 heterocycles. The first-order valence-electron chi connectivity index (χ1n) is 6.91. The van der Waals surface area contributed by atoms with Gasteiger partial charge in [-0.05, 0) is 19.1 Å². The van der Waals surface area contributed by atoms with Crippen molar-refractivity contribution in [2.75, 3.05) is 20.8 Å². The van der Waals surface area contributed by atoms with Crippen molar-refractivity contribution in [1.82, 2.24) is 0 Å². The van der Waals surface area contributed by atoms with Gasteiger partial charge in [-0.1, -0.05) is 30.3 Å². The Hall–Kier alpha value is -2.20. The summed E-state index contributed by atoms with van der Waals surface area (Å²) in [4.78, 5) is 0. The molecule has 2 aromatic rings. The van der Waals surface area contributed by atoms with Gasteiger partial charge in [0, 0.05) is 11.1 Å². The van der Waals surface area contributed by atoms with Crippen LogP contribution in [0.4, 0.5) is 0 Å². The Bertz CT molecular complexity index is 598. The summed E-state index contributed by atoms with van der Waals surface area (Å²) in [5, 5.41) is 0. The molecule has 2 rings (SSSR count). The number of nitrogens with two attached hydrogens (primary N) is 1. The zero-order valence-corrected chi connectivity index (χ0v) is 12.6. The molecule has 0 aliphatic carbocycles. The molecule has 0 aliphatic rings. The van der Waals surface area contributed by atoms with E-state index in [0.29, 0.717) is 18.1 Å². The van der Waals surface area contributed by atoms with Crippen LogP contribution in [0.15, 0.2) is 42.5 Å². The third-order valence-corrected chi connectivity index (χ3v) is 3.32. The van der Waals surface area contributed by atoms with E-state index in [4.69, 9.17) is 19.9 Å². The lowest BCUT2D eigenvalue weighted by Crippen LogP contribution is -2.15. The summed E-state index contributed by atoms with van der Waals surface area (Å²) in [5.41, 5.74) is 8.22. The Labute approximate surface area is 125 Å². The molecular formula is C17H21NO3. The Balaban J connectivity index is 2.47. The second-order valence-electron chi connectivity index (χ2n) is 4.53. The maximum atomic E-state index is 6.43. The van der Waals surface area contributed by atoms with Gasteiger partial charge in [0.15, 0.2) is 11.5 Å². The van der Waals surface area contributed by atoms with E-state index in [-0.39, 0.29) is 6.04 Å². The van der Waals surface area contributed by atoms with Crippen molar-refractivity contribution in [3.63, 3.8) is 0 Å². The fraction of sp³-hybridized carbons (Fsp3) is 0.294. The van der Waals surface area contributed by atoms with E-state index in [1.165, 1.54) is 0 Å². The van der Waals surface area contributed by atoms with Crippen molar-refractivity contribution in [1.29, 1.82) is 0 Å². The minimum Gasteiger partial charge on any atom is -0.494 e. The van der Waals surface area contributed by atoms with E-state index in [2.05, 4.69) is 0 Å². The molecule has 21 heavy (non-hydrogen) atoms. The van der Waals surface area contributed by atoms with Crippen LogP contribution < -0.4 is 19.9 Å². The lowest BCUT2D eigenvalue weighted by Gasteiger charge is -2.20. The fourth-order valence-corrected chi connectivity index (χ4v) is 2.35. The average molecular weight is 287 g/mol. The van der Waals surface area contributed by atoms with Crippen LogP contribution in [0.2, 0.25) is 0 Å². The van der Waals surface area contributed by atoms with E-state index in [0.717, 1.165) is 16.9 Å². The lowest BCUT2D eigenvalue weighted by molar-refractivity contribution is 0.333. The molecule has 1 atom stereocenters. The van der Waals surface area contributed by atoms with Gasteiger partial charge in [-0.2, -0.15) is 0 Å². The molecule has 0 amide bonds. The number of para-hydroxylation sites is 2. The molecule has 0 saturated heterocycles. The zero-order valence-electron chi connectivity index (χ0n) is 12.6. The van der Waals surface area contributed by atoms with Gasteiger partial charge in [-0.25, -0.2) is 0 Å². The van der Waals surface area contributed by atoms with Gasteiger partial charge in [0.2, 0.25) is 0 Å². The maximum absolute atomic E-state index is 6.43. The van der Waals surface area contributed by atoms with Crippen LogP contribution in [0, 0.1) is 0 Å². The molecule has 0 aromatic heterocycles. The number of methoxy groups -OCH3 is 2. The smallest absolute Gasteiger partial charge is 0.165 e. The monoisotopic (exact) mass is 287 g/mol. The van der Waals surface area contributed by atoms with E-state index in [9.17, 15) is 0 Å². The first-order valence-corrected chi connectivity index (χ1v) is 6.91. The Morgan fingerprint density at radius 2 is 1.57 bits per heavy atom. The molecule has 0 radical (unpaired) electrons. The van der Waals surface area contributed by atoms with Crippen molar-refractivity contribution in [2.45, 2.75) is 13.0 Å². The number of hydrogen-bond donors (Lipinski definition) is 1. The number of ether oxygens (including phenoxy) is 3. The van der Waals surface area contributed by atoms with Crippen LogP contribution in [-0.4, -0.2) is 20.8 Å². The third kappa shape index (κ3) is 3.11. The quantitative estimate of drug-likeness (QED) is 0.886. The van der Waals surface area contributed by atoms with Crippen LogP contribution >= 0.6 is 0 Å². The topological polar surface area (TPSA) is 53.7 Å². The van der Waals surface area contributed by atoms with Crippen molar-refractivity contribution < 1.29 is 14.2 Å². The highest BCUT2D eigenvalue weighted by Gasteiger charge is 2.20. The average Bonchev–Trinajstić information content (AvgIpc) is 2.54. The van der Waals surface area contributed by atoms with Gasteiger partial charge in [-0.3, -0.25) is 0 Å². The van der Waals surface area contributed by atoms with E-state index in [1.807, 2.05) is 49.4 Å². The number of hydrogen-bond acceptors (Lipinski definition) is 4. The number of rotatable bonds is 6. The van der Waals surface area contributed by atoms with Crippen LogP contribution in [0.1, 0.15) is 24.1 Å². The summed E-state index contributed by atoms with van der Waals surface area (Å²) in [6.45, 7) is 2.55. The molecule has 0 bridgehead atoms. The normalized spacial score (nSPS) is 11.8. The third-order valence-electron chi connectivity index (χ3n) is 3.32. The minimum absolute atomic E-state index is 0.349. The summed E-state index contributed by atoms with van der Waals surface area (Å²) >= 11 is 0. The molecule has 112 valence electrons. The maximum Gasteiger partial charge on any atom is 0.165 e. The highest BCUT2D eigenvalue weighted by atomic mass is 16.5.